The van der Waals surface area contributed by atoms with Crippen molar-refractivity contribution in [1.82, 2.24) is 14.3 Å². The van der Waals surface area contributed by atoms with Gasteiger partial charge in [-0.05, 0) is 42.8 Å². The Labute approximate surface area is 154 Å². The minimum atomic E-state index is -4.61. The Morgan fingerprint density at radius 1 is 1.11 bits per heavy atom. The average Bonchev–Trinajstić information content (AvgIpc) is 3.15. The summed E-state index contributed by atoms with van der Waals surface area (Å²) in [4.78, 5) is 3.52. The lowest BCUT2D eigenvalue weighted by Gasteiger charge is -2.16. The van der Waals surface area contributed by atoms with Crippen molar-refractivity contribution >= 4 is 10.0 Å². The van der Waals surface area contributed by atoms with Gasteiger partial charge in [-0.25, -0.2) is 18.1 Å². The number of nitrogens with zero attached hydrogens (tertiary/aromatic N) is 2. The van der Waals surface area contributed by atoms with E-state index in [1.807, 2.05) is 0 Å². The van der Waals surface area contributed by atoms with Crippen LogP contribution >= 0.6 is 0 Å². The van der Waals surface area contributed by atoms with Crippen LogP contribution in [-0.2, 0) is 16.2 Å². The van der Waals surface area contributed by atoms with Gasteiger partial charge in [0, 0.05) is 24.1 Å². The molecule has 27 heavy (non-hydrogen) atoms. The Morgan fingerprint density at radius 3 is 2.41 bits per heavy atom. The van der Waals surface area contributed by atoms with Crippen LogP contribution in [0.1, 0.15) is 24.1 Å². The van der Waals surface area contributed by atoms with E-state index in [0.29, 0.717) is 11.6 Å². The predicted molar refractivity (Wildman–Crippen MR) is 93.7 cm³/mol. The van der Waals surface area contributed by atoms with E-state index in [0.717, 1.165) is 23.9 Å². The number of rotatable bonds is 5. The zero-order valence-corrected chi connectivity index (χ0v) is 15.0. The summed E-state index contributed by atoms with van der Waals surface area (Å²) in [5.74, 6) is 0. The third-order valence-electron chi connectivity index (χ3n) is 4.00. The lowest BCUT2D eigenvalue weighted by molar-refractivity contribution is -0.137. The quantitative estimate of drug-likeness (QED) is 0.712. The SMILES string of the molecule is CC(NS(=O)(=O)c1cccc(C(F)(F)F)c1)c1ccc(-n2ccnc2)cc1. The van der Waals surface area contributed by atoms with Crippen LogP contribution in [0.5, 0.6) is 0 Å². The first-order chi connectivity index (χ1) is 12.7. The molecule has 3 rings (SSSR count). The van der Waals surface area contributed by atoms with Gasteiger partial charge < -0.3 is 4.57 Å². The number of halogens is 3. The van der Waals surface area contributed by atoms with Crippen molar-refractivity contribution in [2.75, 3.05) is 0 Å². The standard InChI is InChI=1S/C18H16F3N3O2S/c1-13(14-5-7-16(8-6-14)24-10-9-22-12-24)23-27(25,26)17-4-2-3-15(11-17)18(19,20)21/h2-13,23H,1H3. The number of hydrogen-bond acceptors (Lipinski definition) is 3. The number of aromatic nitrogens is 2. The van der Waals surface area contributed by atoms with Gasteiger partial charge in [0.2, 0.25) is 10.0 Å². The second-order valence-corrected chi connectivity index (χ2v) is 7.64. The van der Waals surface area contributed by atoms with Gasteiger partial charge in [0.05, 0.1) is 16.8 Å². The van der Waals surface area contributed by atoms with Gasteiger partial charge in [-0.15, -0.1) is 0 Å². The summed E-state index contributed by atoms with van der Waals surface area (Å²) in [6.45, 7) is 1.62. The molecule has 0 aliphatic carbocycles. The van der Waals surface area contributed by atoms with Crippen LogP contribution in [-0.4, -0.2) is 18.0 Å². The molecule has 0 spiro atoms. The van der Waals surface area contributed by atoms with Crippen molar-refractivity contribution in [2.24, 2.45) is 0 Å². The fourth-order valence-electron chi connectivity index (χ4n) is 2.56. The van der Waals surface area contributed by atoms with E-state index in [9.17, 15) is 21.6 Å². The van der Waals surface area contributed by atoms with Crippen molar-refractivity contribution in [3.8, 4) is 5.69 Å². The predicted octanol–water partition coefficient (Wildman–Crippen LogP) is 3.93. The molecular formula is C18H16F3N3O2S. The highest BCUT2D eigenvalue weighted by atomic mass is 32.2. The van der Waals surface area contributed by atoms with Crippen LogP contribution < -0.4 is 4.72 Å². The number of imidazole rings is 1. The van der Waals surface area contributed by atoms with Crippen molar-refractivity contribution in [3.05, 3.63) is 78.4 Å². The molecule has 0 aliphatic rings. The summed E-state index contributed by atoms with van der Waals surface area (Å²) in [6.07, 6.45) is 0.434. The lowest BCUT2D eigenvalue weighted by Crippen LogP contribution is -2.27. The molecule has 9 heteroatoms. The Morgan fingerprint density at radius 2 is 1.81 bits per heavy atom. The molecule has 1 atom stereocenters. The average molecular weight is 395 g/mol. The minimum Gasteiger partial charge on any atom is -0.306 e. The number of sulfonamides is 1. The molecule has 1 heterocycles. The molecular weight excluding hydrogens is 379 g/mol. The van der Waals surface area contributed by atoms with Gasteiger partial charge in [-0.3, -0.25) is 0 Å². The van der Waals surface area contributed by atoms with E-state index in [-0.39, 0.29) is 0 Å². The molecule has 0 bridgehead atoms. The molecule has 0 saturated heterocycles. The lowest BCUT2D eigenvalue weighted by atomic mass is 10.1. The molecule has 0 amide bonds. The molecule has 0 radical (unpaired) electrons. The molecule has 142 valence electrons. The molecule has 0 saturated carbocycles. The van der Waals surface area contributed by atoms with E-state index in [2.05, 4.69) is 9.71 Å². The van der Waals surface area contributed by atoms with E-state index >= 15 is 0 Å². The largest absolute Gasteiger partial charge is 0.416 e. The first-order valence-electron chi connectivity index (χ1n) is 7.95. The van der Waals surface area contributed by atoms with Crippen LogP contribution in [0.25, 0.3) is 5.69 Å². The maximum Gasteiger partial charge on any atom is 0.416 e. The fourth-order valence-corrected chi connectivity index (χ4v) is 3.83. The number of hydrogen-bond donors (Lipinski definition) is 1. The van der Waals surface area contributed by atoms with Crippen molar-refractivity contribution in [1.29, 1.82) is 0 Å². The number of benzene rings is 2. The van der Waals surface area contributed by atoms with Gasteiger partial charge >= 0.3 is 6.18 Å². The van der Waals surface area contributed by atoms with Crippen molar-refractivity contribution in [2.45, 2.75) is 24.0 Å². The molecule has 0 fully saturated rings. The maximum absolute atomic E-state index is 12.8. The van der Waals surface area contributed by atoms with Crippen molar-refractivity contribution < 1.29 is 21.6 Å². The van der Waals surface area contributed by atoms with Gasteiger partial charge in [0.25, 0.3) is 0 Å². The Hall–Kier alpha value is -2.65. The molecule has 1 unspecified atom stereocenters. The van der Waals surface area contributed by atoms with E-state index in [1.165, 1.54) is 0 Å². The molecule has 1 aromatic heterocycles. The highest BCUT2D eigenvalue weighted by Gasteiger charge is 2.31. The highest BCUT2D eigenvalue weighted by molar-refractivity contribution is 7.89. The maximum atomic E-state index is 12.8. The zero-order valence-electron chi connectivity index (χ0n) is 14.2. The van der Waals surface area contributed by atoms with Crippen LogP contribution in [0.4, 0.5) is 13.2 Å². The monoisotopic (exact) mass is 395 g/mol. The highest BCUT2D eigenvalue weighted by Crippen LogP contribution is 2.30. The number of nitrogens with one attached hydrogen (secondary N) is 1. The molecule has 0 aliphatic heterocycles. The van der Waals surface area contributed by atoms with E-state index < -0.39 is 32.7 Å². The summed E-state index contributed by atoms with van der Waals surface area (Å²) < 4.78 is 67.6. The van der Waals surface area contributed by atoms with Crippen LogP contribution in [0.2, 0.25) is 0 Å². The summed E-state index contributed by atoms with van der Waals surface area (Å²) in [6, 6.07) is 10.1. The first-order valence-corrected chi connectivity index (χ1v) is 9.43. The van der Waals surface area contributed by atoms with E-state index in [4.69, 9.17) is 0 Å². The van der Waals surface area contributed by atoms with Gasteiger partial charge in [-0.1, -0.05) is 18.2 Å². The second-order valence-electron chi connectivity index (χ2n) is 5.93. The third-order valence-corrected chi connectivity index (χ3v) is 5.54. The molecule has 1 N–H and O–H groups in total. The van der Waals surface area contributed by atoms with Crippen LogP contribution in [0, 0.1) is 0 Å². The summed E-state index contributed by atoms with van der Waals surface area (Å²) in [5, 5.41) is 0. The van der Waals surface area contributed by atoms with Crippen molar-refractivity contribution in [3.63, 3.8) is 0 Å². The minimum absolute atomic E-state index is 0.431. The first kappa shape index (κ1) is 19.1. The number of alkyl halides is 3. The van der Waals surface area contributed by atoms with Gasteiger partial charge in [0.1, 0.15) is 0 Å². The van der Waals surface area contributed by atoms with Crippen LogP contribution in [0.3, 0.4) is 0 Å². The smallest absolute Gasteiger partial charge is 0.306 e. The second kappa shape index (κ2) is 7.16. The fraction of sp³-hybridized carbons (Fsp3) is 0.167. The molecule has 3 aromatic rings. The molecule has 5 nitrogen and oxygen atoms in total. The normalized spacial score (nSPS) is 13.5. The summed E-state index contributed by atoms with van der Waals surface area (Å²) in [5.41, 5.74) is 0.515. The topological polar surface area (TPSA) is 64.0 Å². The zero-order chi connectivity index (χ0) is 19.7. The van der Waals surface area contributed by atoms with Gasteiger partial charge in [-0.2, -0.15) is 13.2 Å². The summed E-state index contributed by atoms with van der Waals surface area (Å²) >= 11 is 0. The third kappa shape index (κ3) is 4.37. The molecule has 2 aromatic carbocycles. The Kier molecular flexibility index (Phi) is 5.07. The Balaban J connectivity index is 1.79. The Bertz CT molecular complexity index is 1010. The van der Waals surface area contributed by atoms with E-state index in [1.54, 1.807) is 54.5 Å². The summed E-state index contributed by atoms with van der Waals surface area (Å²) in [7, 11) is -4.11. The van der Waals surface area contributed by atoms with Crippen LogP contribution in [0.15, 0.2) is 72.1 Å². The van der Waals surface area contributed by atoms with Gasteiger partial charge in [0.15, 0.2) is 0 Å².